The van der Waals surface area contributed by atoms with Crippen LogP contribution in [0.4, 0.5) is 8.78 Å². The number of carbonyl (C=O) groups is 1. The highest BCUT2D eigenvalue weighted by Gasteiger charge is 2.22. The molecule has 0 amide bonds. The molecule has 0 bridgehead atoms. The van der Waals surface area contributed by atoms with Crippen LogP contribution in [0.25, 0.3) is 0 Å². The summed E-state index contributed by atoms with van der Waals surface area (Å²) in [5.74, 6) is -0.339. The van der Waals surface area contributed by atoms with Crippen LogP contribution < -0.4 is 4.74 Å². The monoisotopic (exact) mass is 317 g/mol. The summed E-state index contributed by atoms with van der Waals surface area (Å²) in [5.41, 5.74) is 0.777. The van der Waals surface area contributed by atoms with Gasteiger partial charge in [-0.05, 0) is 18.6 Å². The number of benzene rings is 1. The van der Waals surface area contributed by atoms with Crippen LogP contribution in [-0.2, 0) is 11.2 Å². The summed E-state index contributed by atoms with van der Waals surface area (Å²) in [4.78, 5) is 10.6. The zero-order valence-electron chi connectivity index (χ0n) is 9.49. The number of hydrogen-bond donors (Lipinski definition) is 0. The van der Waals surface area contributed by atoms with Crippen molar-refractivity contribution in [1.82, 2.24) is 0 Å². The van der Waals surface area contributed by atoms with Crippen LogP contribution in [0.15, 0.2) is 18.2 Å². The maximum Gasteiger partial charge on any atom is 0.387 e. The average molecular weight is 318 g/mol. The summed E-state index contributed by atoms with van der Waals surface area (Å²) in [5, 5.41) is 8.70. The van der Waals surface area contributed by atoms with Crippen LogP contribution in [0.2, 0.25) is 0 Å². The van der Waals surface area contributed by atoms with Gasteiger partial charge in [0.25, 0.3) is 0 Å². The van der Waals surface area contributed by atoms with Gasteiger partial charge in [-0.3, -0.25) is 4.79 Å². The van der Waals surface area contributed by atoms with E-state index in [0.29, 0.717) is 5.56 Å². The number of alkyl halides is 3. The summed E-state index contributed by atoms with van der Waals surface area (Å²) in [6, 6.07) is 6.38. The highest BCUT2D eigenvalue weighted by Crippen LogP contribution is 2.35. The summed E-state index contributed by atoms with van der Waals surface area (Å²) >= 11 is 3.13. The SMILES string of the molecule is CC(=O)C(Br)c1c(CC#N)cccc1OC(F)F. The number of hydrogen-bond acceptors (Lipinski definition) is 3. The molecule has 0 spiro atoms. The first kappa shape index (κ1) is 14.6. The Bertz CT molecular complexity index is 485. The largest absolute Gasteiger partial charge is 0.434 e. The Morgan fingerprint density at radius 1 is 1.56 bits per heavy atom. The van der Waals surface area contributed by atoms with Crippen molar-refractivity contribution >= 4 is 21.7 Å². The molecule has 0 fully saturated rings. The van der Waals surface area contributed by atoms with E-state index in [9.17, 15) is 13.6 Å². The summed E-state index contributed by atoms with van der Waals surface area (Å²) in [6.45, 7) is -1.65. The lowest BCUT2D eigenvalue weighted by atomic mass is 9.99. The molecule has 1 atom stereocenters. The van der Waals surface area contributed by atoms with E-state index in [1.54, 1.807) is 6.07 Å². The predicted molar refractivity (Wildman–Crippen MR) is 64.7 cm³/mol. The first-order chi connectivity index (χ1) is 8.47. The van der Waals surface area contributed by atoms with Crippen LogP contribution in [-0.4, -0.2) is 12.4 Å². The number of rotatable bonds is 5. The second kappa shape index (κ2) is 6.45. The molecule has 1 aromatic rings. The molecular weight excluding hydrogens is 308 g/mol. The Morgan fingerprint density at radius 2 is 2.22 bits per heavy atom. The lowest BCUT2D eigenvalue weighted by molar-refractivity contribution is -0.116. The van der Waals surface area contributed by atoms with Crippen molar-refractivity contribution in [2.24, 2.45) is 0 Å². The first-order valence-electron chi connectivity index (χ1n) is 5.05. The standard InChI is InChI=1S/C12H10BrF2NO2/c1-7(17)11(13)10-8(5-6-16)3-2-4-9(10)18-12(14)15/h2-4,11-12H,5H2,1H3. The fraction of sp³-hybridized carbons (Fsp3) is 0.333. The van der Waals surface area contributed by atoms with Crippen molar-refractivity contribution in [3.63, 3.8) is 0 Å². The van der Waals surface area contributed by atoms with Gasteiger partial charge in [-0.25, -0.2) is 0 Å². The Morgan fingerprint density at radius 3 is 2.72 bits per heavy atom. The summed E-state index contributed by atoms with van der Waals surface area (Å²) in [6.07, 6.45) is 0.0190. The fourth-order valence-corrected chi connectivity index (χ4v) is 2.04. The third kappa shape index (κ3) is 3.50. The molecular formula is C12H10BrF2NO2. The van der Waals surface area contributed by atoms with Crippen molar-refractivity contribution in [1.29, 1.82) is 5.26 Å². The van der Waals surface area contributed by atoms with Crippen LogP contribution >= 0.6 is 15.9 Å². The maximum atomic E-state index is 12.3. The zero-order chi connectivity index (χ0) is 13.7. The van der Waals surface area contributed by atoms with E-state index in [-0.39, 0.29) is 23.5 Å². The van der Waals surface area contributed by atoms with Crippen molar-refractivity contribution in [2.45, 2.75) is 24.8 Å². The third-order valence-electron chi connectivity index (χ3n) is 2.25. The van der Waals surface area contributed by atoms with Gasteiger partial charge >= 0.3 is 6.61 Å². The molecule has 0 saturated carbocycles. The van der Waals surface area contributed by atoms with Gasteiger partial charge in [-0.2, -0.15) is 14.0 Å². The quantitative estimate of drug-likeness (QED) is 0.782. The van der Waals surface area contributed by atoms with Crippen molar-refractivity contribution in [3.05, 3.63) is 29.3 Å². The molecule has 1 unspecified atom stereocenters. The Labute approximate surface area is 111 Å². The van der Waals surface area contributed by atoms with E-state index in [0.717, 1.165) is 0 Å². The molecule has 0 heterocycles. The topological polar surface area (TPSA) is 50.1 Å². The van der Waals surface area contributed by atoms with E-state index >= 15 is 0 Å². The van der Waals surface area contributed by atoms with Crippen LogP contribution in [0.5, 0.6) is 5.75 Å². The Kier molecular flexibility index (Phi) is 5.23. The van der Waals surface area contributed by atoms with Crippen LogP contribution in [0.3, 0.4) is 0 Å². The van der Waals surface area contributed by atoms with Crippen LogP contribution in [0, 0.1) is 11.3 Å². The van der Waals surface area contributed by atoms with Gasteiger partial charge in [-0.15, -0.1) is 0 Å². The Hall–Kier alpha value is -1.48. The number of Topliss-reactive ketones (excluding diaryl/α,β-unsaturated/α-hetero) is 1. The van der Waals surface area contributed by atoms with E-state index in [1.807, 2.05) is 6.07 Å². The summed E-state index contributed by atoms with van der Waals surface area (Å²) in [7, 11) is 0. The van der Waals surface area contributed by atoms with Gasteiger partial charge in [-0.1, -0.05) is 28.1 Å². The van der Waals surface area contributed by atoms with Crippen molar-refractivity contribution in [3.8, 4) is 11.8 Å². The number of nitrogens with zero attached hydrogens (tertiary/aromatic N) is 1. The van der Waals surface area contributed by atoms with E-state index < -0.39 is 11.4 Å². The van der Waals surface area contributed by atoms with E-state index in [2.05, 4.69) is 20.7 Å². The lowest BCUT2D eigenvalue weighted by Gasteiger charge is -2.16. The van der Waals surface area contributed by atoms with E-state index in [4.69, 9.17) is 5.26 Å². The van der Waals surface area contributed by atoms with Crippen molar-refractivity contribution in [2.75, 3.05) is 0 Å². The molecule has 96 valence electrons. The molecule has 0 saturated heterocycles. The van der Waals surface area contributed by atoms with Gasteiger partial charge in [0.1, 0.15) is 16.4 Å². The smallest absolute Gasteiger partial charge is 0.387 e. The number of nitriles is 1. The van der Waals surface area contributed by atoms with Gasteiger partial charge < -0.3 is 4.74 Å². The fourth-order valence-electron chi connectivity index (χ4n) is 1.52. The molecule has 18 heavy (non-hydrogen) atoms. The normalized spacial score (nSPS) is 12.0. The lowest BCUT2D eigenvalue weighted by Crippen LogP contribution is -2.10. The van der Waals surface area contributed by atoms with E-state index in [1.165, 1.54) is 19.1 Å². The second-order valence-corrected chi connectivity index (χ2v) is 4.43. The molecule has 0 aliphatic rings. The first-order valence-corrected chi connectivity index (χ1v) is 5.97. The number of halogens is 3. The average Bonchev–Trinajstić information content (AvgIpc) is 2.28. The molecule has 1 rings (SSSR count). The second-order valence-electron chi connectivity index (χ2n) is 3.52. The van der Waals surface area contributed by atoms with Gasteiger partial charge in [0, 0.05) is 5.56 Å². The van der Waals surface area contributed by atoms with Crippen molar-refractivity contribution < 1.29 is 18.3 Å². The molecule has 0 radical (unpaired) electrons. The minimum absolute atomic E-state index is 0.0190. The molecule has 0 aliphatic heterocycles. The van der Waals surface area contributed by atoms with Gasteiger partial charge in [0.05, 0.1) is 12.5 Å². The maximum absolute atomic E-state index is 12.3. The molecule has 1 aromatic carbocycles. The summed E-state index contributed by atoms with van der Waals surface area (Å²) < 4.78 is 29.0. The van der Waals surface area contributed by atoms with Gasteiger partial charge in [0.15, 0.2) is 0 Å². The van der Waals surface area contributed by atoms with Crippen LogP contribution in [0.1, 0.15) is 22.9 Å². The molecule has 0 aliphatic carbocycles. The number of carbonyl (C=O) groups excluding carboxylic acids is 1. The molecule has 3 nitrogen and oxygen atoms in total. The van der Waals surface area contributed by atoms with Gasteiger partial charge in [0.2, 0.25) is 0 Å². The molecule has 0 N–H and O–H groups in total. The molecule has 6 heteroatoms. The highest BCUT2D eigenvalue weighted by molar-refractivity contribution is 9.09. The minimum Gasteiger partial charge on any atom is -0.434 e. The number of ketones is 1. The highest BCUT2D eigenvalue weighted by atomic mass is 79.9. The molecule has 0 aromatic heterocycles. The minimum atomic E-state index is -2.98. The Balaban J connectivity index is 3.29. The third-order valence-corrected chi connectivity index (χ3v) is 3.35. The number of ether oxygens (including phenoxy) is 1. The predicted octanol–water partition coefficient (Wildman–Crippen LogP) is 3.38. The zero-order valence-corrected chi connectivity index (χ0v) is 11.1.